The standard InChI is InChI=1S/C17H20BrNO2/c18-13-1-2-14(15(20)6-13)16(21)19-17-7-10-3-11(8-17)5-12(4-10)9-17/h1-2,6,10-12,20H,3-5,7-9H2,(H,19,21). The predicted molar refractivity (Wildman–Crippen MR) is 84.2 cm³/mol. The summed E-state index contributed by atoms with van der Waals surface area (Å²) in [7, 11) is 0. The summed E-state index contributed by atoms with van der Waals surface area (Å²) >= 11 is 3.31. The Morgan fingerprint density at radius 3 is 2.24 bits per heavy atom. The molecule has 2 N–H and O–H groups in total. The third kappa shape index (κ3) is 2.37. The van der Waals surface area contributed by atoms with E-state index < -0.39 is 0 Å². The predicted octanol–water partition coefficient (Wildman–Crippen LogP) is 3.85. The molecule has 3 nitrogen and oxygen atoms in total. The molecule has 4 heteroatoms. The fraction of sp³-hybridized carbons (Fsp3) is 0.588. The van der Waals surface area contributed by atoms with Crippen molar-refractivity contribution in [3.8, 4) is 5.75 Å². The molecule has 0 radical (unpaired) electrons. The molecule has 0 atom stereocenters. The molecule has 1 amide bonds. The van der Waals surface area contributed by atoms with Gasteiger partial charge in [0.15, 0.2) is 0 Å². The summed E-state index contributed by atoms with van der Waals surface area (Å²) in [5.41, 5.74) is 0.375. The highest BCUT2D eigenvalue weighted by Gasteiger charge is 2.51. The fourth-order valence-corrected chi connectivity index (χ4v) is 5.62. The second kappa shape index (κ2) is 4.73. The van der Waals surface area contributed by atoms with Crippen molar-refractivity contribution >= 4 is 21.8 Å². The number of carbonyl (C=O) groups is 1. The van der Waals surface area contributed by atoms with Crippen molar-refractivity contribution in [1.29, 1.82) is 0 Å². The van der Waals surface area contributed by atoms with Crippen molar-refractivity contribution in [3.63, 3.8) is 0 Å². The van der Waals surface area contributed by atoms with Crippen LogP contribution in [0.2, 0.25) is 0 Å². The van der Waals surface area contributed by atoms with E-state index in [9.17, 15) is 9.90 Å². The van der Waals surface area contributed by atoms with Gasteiger partial charge >= 0.3 is 0 Å². The smallest absolute Gasteiger partial charge is 0.255 e. The average Bonchev–Trinajstić information content (AvgIpc) is 2.35. The van der Waals surface area contributed by atoms with Gasteiger partial charge in [-0.15, -0.1) is 0 Å². The van der Waals surface area contributed by atoms with Crippen LogP contribution in [0.1, 0.15) is 48.9 Å². The summed E-state index contributed by atoms with van der Waals surface area (Å²) < 4.78 is 0.784. The van der Waals surface area contributed by atoms with Crippen LogP contribution in [-0.2, 0) is 0 Å². The molecule has 0 aromatic heterocycles. The molecule has 4 saturated carbocycles. The van der Waals surface area contributed by atoms with E-state index in [0.717, 1.165) is 41.5 Å². The summed E-state index contributed by atoms with van der Waals surface area (Å²) in [4.78, 5) is 12.6. The summed E-state index contributed by atoms with van der Waals surface area (Å²) in [6.07, 6.45) is 7.46. The van der Waals surface area contributed by atoms with Crippen molar-refractivity contribution in [3.05, 3.63) is 28.2 Å². The van der Waals surface area contributed by atoms with Gasteiger partial charge < -0.3 is 10.4 Å². The molecule has 4 fully saturated rings. The van der Waals surface area contributed by atoms with Gasteiger partial charge in [-0.25, -0.2) is 0 Å². The molecular weight excluding hydrogens is 330 g/mol. The summed E-state index contributed by atoms with van der Waals surface area (Å²) in [6, 6.07) is 5.07. The lowest BCUT2D eigenvalue weighted by Gasteiger charge is -2.56. The lowest BCUT2D eigenvalue weighted by atomic mass is 9.53. The zero-order valence-corrected chi connectivity index (χ0v) is 13.5. The Labute approximate surface area is 133 Å². The molecule has 4 bridgehead atoms. The van der Waals surface area contributed by atoms with Crippen molar-refractivity contribution in [1.82, 2.24) is 5.32 Å². The number of amides is 1. The van der Waals surface area contributed by atoms with Crippen LogP contribution in [-0.4, -0.2) is 16.6 Å². The number of hydrogen-bond acceptors (Lipinski definition) is 2. The van der Waals surface area contributed by atoms with E-state index in [1.54, 1.807) is 18.2 Å². The minimum atomic E-state index is -0.123. The summed E-state index contributed by atoms with van der Waals surface area (Å²) in [6.45, 7) is 0. The van der Waals surface area contributed by atoms with Gasteiger partial charge in [0.1, 0.15) is 5.75 Å². The molecule has 0 spiro atoms. The van der Waals surface area contributed by atoms with E-state index in [-0.39, 0.29) is 17.2 Å². The van der Waals surface area contributed by atoms with Crippen LogP contribution in [0.25, 0.3) is 0 Å². The number of hydrogen-bond donors (Lipinski definition) is 2. The maximum Gasteiger partial charge on any atom is 0.255 e. The largest absolute Gasteiger partial charge is 0.507 e. The molecule has 21 heavy (non-hydrogen) atoms. The Kier molecular flexibility index (Phi) is 3.07. The Bertz CT molecular complexity index is 563. The highest BCUT2D eigenvalue weighted by Crippen LogP contribution is 2.55. The topological polar surface area (TPSA) is 49.3 Å². The third-order valence-corrected chi connectivity index (χ3v) is 6.11. The van der Waals surface area contributed by atoms with Crippen LogP contribution in [0.4, 0.5) is 0 Å². The number of halogens is 1. The molecule has 0 saturated heterocycles. The van der Waals surface area contributed by atoms with Crippen LogP contribution >= 0.6 is 15.9 Å². The SMILES string of the molecule is O=C(NC12CC3CC(CC(C3)C1)C2)c1ccc(Br)cc1O. The van der Waals surface area contributed by atoms with Crippen molar-refractivity contribution in [2.24, 2.45) is 17.8 Å². The second-order valence-electron chi connectivity index (χ2n) is 7.31. The lowest BCUT2D eigenvalue weighted by molar-refractivity contribution is -0.0167. The lowest BCUT2D eigenvalue weighted by Crippen LogP contribution is -2.59. The molecule has 0 heterocycles. The number of nitrogens with one attached hydrogen (secondary N) is 1. The van der Waals surface area contributed by atoms with Gasteiger partial charge in [-0.2, -0.15) is 0 Å². The maximum absolute atomic E-state index is 12.6. The zero-order valence-electron chi connectivity index (χ0n) is 11.9. The van der Waals surface area contributed by atoms with E-state index in [4.69, 9.17) is 0 Å². The van der Waals surface area contributed by atoms with Crippen molar-refractivity contribution < 1.29 is 9.90 Å². The van der Waals surface area contributed by atoms with Gasteiger partial charge in [-0.1, -0.05) is 15.9 Å². The van der Waals surface area contributed by atoms with E-state index in [1.165, 1.54) is 19.3 Å². The molecule has 4 aliphatic rings. The van der Waals surface area contributed by atoms with Crippen molar-refractivity contribution in [2.45, 2.75) is 44.1 Å². The number of phenolic OH excluding ortho intramolecular Hbond substituents is 1. The first-order valence-electron chi connectivity index (χ1n) is 7.84. The Morgan fingerprint density at radius 2 is 1.71 bits per heavy atom. The zero-order chi connectivity index (χ0) is 14.6. The molecule has 1 aromatic carbocycles. The first-order valence-corrected chi connectivity index (χ1v) is 8.63. The van der Waals surface area contributed by atoms with Crippen molar-refractivity contribution in [2.75, 3.05) is 0 Å². The third-order valence-electron chi connectivity index (χ3n) is 5.62. The molecule has 1 aromatic rings. The second-order valence-corrected chi connectivity index (χ2v) is 8.23. The molecular formula is C17H20BrNO2. The Morgan fingerprint density at radius 1 is 1.14 bits per heavy atom. The Balaban J connectivity index is 1.57. The normalized spacial score (nSPS) is 36.7. The molecule has 112 valence electrons. The Hall–Kier alpha value is -1.03. The van der Waals surface area contributed by atoms with Crippen LogP contribution < -0.4 is 5.32 Å². The number of benzene rings is 1. The van der Waals surface area contributed by atoms with Crippen LogP contribution in [0.5, 0.6) is 5.75 Å². The first kappa shape index (κ1) is 13.6. The minimum absolute atomic E-state index is 0.00858. The number of rotatable bonds is 2. The molecule has 0 aliphatic heterocycles. The van der Waals surface area contributed by atoms with Gasteiger partial charge in [-0.3, -0.25) is 4.79 Å². The molecule has 4 aliphatic carbocycles. The number of phenols is 1. The van der Waals surface area contributed by atoms with E-state index in [2.05, 4.69) is 21.2 Å². The van der Waals surface area contributed by atoms with Gasteiger partial charge in [0.05, 0.1) is 5.56 Å². The van der Waals surface area contributed by atoms with Crippen LogP contribution in [0, 0.1) is 17.8 Å². The summed E-state index contributed by atoms with van der Waals surface area (Å²) in [5, 5.41) is 13.3. The highest BCUT2D eigenvalue weighted by atomic mass is 79.9. The molecule has 5 rings (SSSR count). The summed E-state index contributed by atoms with van der Waals surface area (Å²) in [5.74, 6) is 2.33. The van der Waals surface area contributed by atoms with Gasteiger partial charge in [0, 0.05) is 10.0 Å². The van der Waals surface area contributed by atoms with Crippen LogP contribution in [0.15, 0.2) is 22.7 Å². The number of aromatic hydroxyl groups is 1. The number of carbonyl (C=O) groups excluding carboxylic acids is 1. The average molecular weight is 350 g/mol. The quantitative estimate of drug-likeness (QED) is 0.851. The monoisotopic (exact) mass is 349 g/mol. The molecule has 0 unspecified atom stereocenters. The van der Waals surface area contributed by atoms with E-state index >= 15 is 0 Å². The van der Waals surface area contributed by atoms with Gasteiger partial charge in [0.2, 0.25) is 0 Å². The minimum Gasteiger partial charge on any atom is -0.507 e. The van der Waals surface area contributed by atoms with Gasteiger partial charge in [0.25, 0.3) is 5.91 Å². The first-order chi connectivity index (χ1) is 10.0. The van der Waals surface area contributed by atoms with Gasteiger partial charge in [-0.05, 0) is 74.5 Å². The fourth-order valence-electron chi connectivity index (χ4n) is 5.27. The maximum atomic E-state index is 12.6. The van der Waals surface area contributed by atoms with E-state index in [0.29, 0.717) is 5.56 Å². The van der Waals surface area contributed by atoms with E-state index in [1.807, 2.05) is 0 Å². The van der Waals surface area contributed by atoms with Crippen LogP contribution in [0.3, 0.4) is 0 Å². The highest BCUT2D eigenvalue weighted by molar-refractivity contribution is 9.10.